The highest BCUT2D eigenvalue weighted by molar-refractivity contribution is 5.94. The number of nitrogens with one attached hydrogen (secondary N) is 1. The van der Waals surface area contributed by atoms with Gasteiger partial charge in [0, 0.05) is 11.8 Å². The van der Waals surface area contributed by atoms with E-state index < -0.39 is 0 Å². The highest BCUT2D eigenvalue weighted by atomic mass is 16.5. The maximum atomic E-state index is 12.3. The van der Waals surface area contributed by atoms with E-state index in [2.05, 4.69) is 5.32 Å². The SMILES string of the molecule is CCOc1ccc(OCC)c(NC(=O)Cc2ccc(N)cc2)c1. The van der Waals surface area contributed by atoms with E-state index in [1.54, 1.807) is 24.3 Å². The predicted molar refractivity (Wildman–Crippen MR) is 92.0 cm³/mol. The number of carbonyl (C=O) groups is 1. The Kier molecular flexibility index (Phi) is 5.86. The second kappa shape index (κ2) is 8.08. The monoisotopic (exact) mass is 314 g/mol. The molecule has 0 aliphatic rings. The average Bonchev–Trinajstić information content (AvgIpc) is 2.52. The molecule has 0 saturated carbocycles. The molecule has 1 amide bonds. The van der Waals surface area contributed by atoms with Crippen LogP contribution in [0.3, 0.4) is 0 Å². The molecular weight excluding hydrogens is 292 g/mol. The quantitative estimate of drug-likeness (QED) is 0.769. The van der Waals surface area contributed by atoms with Gasteiger partial charge in [0.2, 0.25) is 5.91 Å². The van der Waals surface area contributed by atoms with Gasteiger partial charge in [0.25, 0.3) is 0 Å². The van der Waals surface area contributed by atoms with Gasteiger partial charge in [-0.25, -0.2) is 0 Å². The van der Waals surface area contributed by atoms with Crippen LogP contribution in [0, 0.1) is 0 Å². The summed E-state index contributed by atoms with van der Waals surface area (Å²) in [6, 6.07) is 12.6. The number of anilines is 2. The summed E-state index contributed by atoms with van der Waals surface area (Å²) in [7, 11) is 0. The average molecular weight is 314 g/mol. The zero-order valence-corrected chi connectivity index (χ0v) is 13.5. The van der Waals surface area contributed by atoms with Crippen molar-refractivity contribution in [2.24, 2.45) is 0 Å². The number of amides is 1. The molecule has 0 saturated heterocycles. The fourth-order valence-corrected chi connectivity index (χ4v) is 2.16. The van der Waals surface area contributed by atoms with Crippen LogP contribution >= 0.6 is 0 Å². The Morgan fingerprint density at radius 2 is 1.74 bits per heavy atom. The summed E-state index contributed by atoms with van der Waals surface area (Å²) >= 11 is 0. The number of rotatable bonds is 7. The van der Waals surface area contributed by atoms with Crippen LogP contribution in [0.15, 0.2) is 42.5 Å². The number of benzene rings is 2. The molecule has 5 heteroatoms. The van der Waals surface area contributed by atoms with Crippen molar-refractivity contribution in [3.63, 3.8) is 0 Å². The van der Waals surface area contributed by atoms with Gasteiger partial charge >= 0.3 is 0 Å². The van der Waals surface area contributed by atoms with E-state index in [1.807, 2.05) is 32.0 Å². The molecule has 3 N–H and O–H groups in total. The van der Waals surface area contributed by atoms with Crippen LogP contribution in [0.25, 0.3) is 0 Å². The van der Waals surface area contributed by atoms with Crippen LogP contribution in [0.1, 0.15) is 19.4 Å². The molecule has 23 heavy (non-hydrogen) atoms. The Hall–Kier alpha value is -2.69. The Labute approximate surface area is 136 Å². The fourth-order valence-electron chi connectivity index (χ4n) is 2.16. The van der Waals surface area contributed by atoms with E-state index in [4.69, 9.17) is 15.2 Å². The van der Waals surface area contributed by atoms with Crippen molar-refractivity contribution in [2.45, 2.75) is 20.3 Å². The van der Waals surface area contributed by atoms with Gasteiger partial charge in [-0.05, 0) is 43.7 Å². The molecular formula is C18H22N2O3. The number of nitrogen functional groups attached to an aromatic ring is 1. The highest BCUT2D eigenvalue weighted by Gasteiger charge is 2.10. The first kappa shape index (κ1) is 16.7. The molecule has 2 aromatic carbocycles. The zero-order chi connectivity index (χ0) is 16.7. The lowest BCUT2D eigenvalue weighted by Gasteiger charge is -2.13. The van der Waals surface area contributed by atoms with Crippen molar-refractivity contribution in [3.8, 4) is 11.5 Å². The lowest BCUT2D eigenvalue weighted by atomic mass is 10.1. The van der Waals surface area contributed by atoms with E-state index in [0.29, 0.717) is 36.1 Å². The van der Waals surface area contributed by atoms with Crippen molar-refractivity contribution in [3.05, 3.63) is 48.0 Å². The van der Waals surface area contributed by atoms with Crippen molar-refractivity contribution >= 4 is 17.3 Å². The molecule has 122 valence electrons. The number of carbonyl (C=O) groups excluding carboxylic acids is 1. The maximum Gasteiger partial charge on any atom is 0.228 e. The third kappa shape index (κ3) is 4.92. The van der Waals surface area contributed by atoms with Gasteiger partial charge in [0.05, 0.1) is 25.3 Å². The summed E-state index contributed by atoms with van der Waals surface area (Å²) in [6.07, 6.45) is 0.269. The molecule has 2 rings (SSSR count). The topological polar surface area (TPSA) is 73.6 Å². The van der Waals surface area contributed by atoms with Crippen molar-refractivity contribution < 1.29 is 14.3 Å². The summed E-state index contributed by atoms with van der Waals surface area (Å²) in [5, 5.41) is 2.88. The third-order valence-electron chi connectivity index (χ3n) is 3.18. The summed E-state index contributed by atoms with van der Waals surface area (Å²) in [5.74, 6) is 1.20. The van der Waals surface area contributed by atoms with Crippen molar-refractivity contribution in [1.29, 1.82) is 0 Å². The van der Waals surface area contributed by atoms with E-state index >= 15 is 0 Å². The maximum absolute atomic E-state index is 12.3. The lowest BCUT2D eigenvalue weighted by Crippen LogP contribution is -2.15. The molecule has 0 bridgehead atoms. The molecule has 2 aromatic rings. The van der Waals surface area contributed by atoms with Crippen LogP contribution < -0.4 is 20.5 Å². The van der Waals surface area contributed by atoms with Crippen molar-refractivity contribution in [1.82, 2.24) is 0 Å². The molecule has 0 fully saturated rings. The fraction of sp³-hybridized carbons (Fsp3) is 0.278. The standard InChI is InChI=1S/C18H22N2O3/c1-3-22-15-9-10-17(23-4-2)16(12-15)20-18(21)11-13-5-7-14(19)8-6-13/h5-10,12H,3-4,11,19H2,1-2H3,(H,20,21). The first-order valence-electron chi connectivity index (χ1n) is 7.66. The Morgan fingerprint density at radius 3 is 2.39 bits per heavy atom. The zero-order valence-electron chi connectivity index (χ0n) is 13.5. The summed E-state index contributed by atoms with van der Waals surface area (Å²) in [5.41, 5.74) is 7.83. The molecule has 0 aromatic heterocycles. The second-order valence-corrected chi connectivity index (χ2v) is 4.99. The first-order valence-corrected chi connectivity index (χ1v) is 7.66. The van der Waals surface area contributed by atoms with Gasteiger partial charge < -0.3 is 20.5 Å². The number of nitrogens with two attached hydrogens (primary N) is 1. The normalized spacial score (nSPS) is 10.2. The molecule has 0 radical (unpaired) electrons. The van der Waals surface area contributed by atoms with E-state index in [0.717, 1.165) is 5.56 Å². The van der Waals surface area contributed by atoms with Gasteiger partial charge in [-0.15, -0.1) is 0 Å². The van der Waals surface area contributed by atoms with Crippen LogP contribution in [-0.2, 0) is 11.2 Å². The molecule has 0 heterocycles. The summed E-state index contributed by atoms with van der Waals surface area (Å²) in [4.78, 5) is 12.3. The van der Waals surface area contributed by atoms with Gasteiger partial charge in [-0.1, -0.05) is 12.1 Å². The Balaban J connectivity index is 2.11. The first-order chi connectivity index (χ1) is 11.1. The van der Waals surface area contributed by atoms with Gasteiger partial charge in [0.1, 0.15) is 11.5 Å². The molecule has 0 atom stereocenters. The molecule has 0 spiro atoms. The Morgan fingerprint density at radius 1 is 1.04 bits per heavy atom. The minimum Gasteiger partial charge on any atom is -0.494 e. The number of hydrogen-bond acceptors (Lipinski definition) is 4. The summed E-state index contributed by atoms with van der Waals surface area (Å²) < 4.78 is 11.0. The van der Waals surface area contributed by atoms with Crippen LogP contribution in [-0.4, -0.2) is 19.1 Å². The second-order valence-electron chi connectivity index (χ2n) is 4.99. The summed E-state index contributed by atoms with van der Waals surface area (Å²) in [6.45, 7) is 4.90. The number of hydrogen-bond donors (Lipinski definition) is 2. The molecule has 0 aliphatic heterocycles. The third-order valence-corrected chi connectivity index (χ3v) is 3.18. The van der Waals surface area contributed by atoms with Crippen LogP contribution in [0.4, 0.5) is 11.4 Å². The minimum absolute atomic E-state index is 0.121. The van der Waals surface area contributed by atoms with Gasteiger partial charge in [-0.3, -0.25) is 4.79 Å². The molecule has 0 aliphatic carbocycles. The van der Waals surface area contributed by atoms with Crippen molar-refractivity contribution in [2.75, 3.05) is 24.3 Å². The molecule has 0 unspecified atom stereocenters. The highest BCUT2D eigenvalue weighted by Crippen LogP contribution is 2.29. The van der Waals surface area contributed by atoms with Crippen LogP contribution in [0.5, 0.6) is 11.5 Å². The van der Waals surface area contributed by atoms with E-state index in [-0.39, 0.29) is 12.3 Å². The smallest absolute Gasteiger partial charge is 0.228 e. The number of ether oxygens (including phenoxy) is 2. The minimum atomic E-state index is -0.121. The van der Waals surface area contributed by atoms with E-state index in [9.17, 15) is 4.79 Å². The van der Waals surface area contributed by atoms with Crippen LogP contribution in [0.2, 0.25) is 0 Å². The lowest BCUT2D eigenvalue weighted by molar-refractivity contribution is -0.115. The van der Waals surface area contributed by atoms with Gasteiger partial charge in [-0.2, -0.15) is 0 Å². The van der Waals surface area contributed by atoms with Gasteiger partial charge in [0.15, 0.2) is 0 Å². The Bertz CT molecular complexity index is 654. The predicted octanol–water partition coefficient (Wildman–Crippen LogP) is 3.25. The largest absolute Gasteiger partial charge is 0.494 e. The molecule has 5 nitrogen and oxygen atoms in total. The van der Waals surface area contributed by atoms with E-state index in [1.165, 1.54) is 0 Å².